The summed E-state index contributed by atoms with van der Waals surface area (Å²) in [5.74, 6) is 0.586. The number of hydrogen-bond acceptors (Lipinski definition) is 7. The van der Waals surface area contributed by atoms with Gasteiger partial charge in [0.1, 0.15) is 11.6 Å². The number of benzene rings is 1. The highest BCUT2D eigenvalue weighted by Crippen LogP contribution is 2.27. The van der Waals surface area contributed by atoms with Crippen LogP contribution in [0.2, 0.25) is 0 Å². The number of rotatable bonds is 5. The molecule has 3 heterocycles. The van der Waals surface area contributed by atoms with Crippen LogP contribution in [0.3, 0.4) is 0 Å². The molecule has 0 aliphatic rings. The van der Waals surface area contributed by atoms with E-state index in [2.05, 4.69) is 25.7 Å². The van der Waals surface area contributed by atoms with E-state index in [1.165, 1.54) is 30.5 Å². The molecule has 2 N–H and O–H groups in total. The molecule has 0 aliphatic carbocycles. The summed E-state index contributed by atoms with van der Waals surface area (Å²) in [6.07, 6.45) is 1.45. The highest BCUT2D eigenvalue weighted by Gasteiger charge is 2.15. The number of pyridine rings is 1. The number of amides is 2. The van der Waals surface area contributed by atoms with Crippen molar-refractivity contribution in [3.8, 4) is 17.0 Å². The van der Waals surface area contributed by atoms with Crippen molar-refractivity contribution >= 4 is 39.9 Å². The Morgan fingerprint density at radius 1 is 1.14 bits per heavy atom. The predicted molar refractivity (Wildman–Crippen MR) is 109 cm³/mol. The molecule has 0 aliphatic heterocycles. The lowest BCUT2D eigenvalue weighted by Crippen LogP contribution is -2.14. The molecule has 0 saturated heterocycles. The Morgan fingerprint density at radius 2 is 1.93 bits per heavy atom. The summed E-state index contributed by atoms with van der Waals surface area (Å²) in [4.78, 5) is 32.7. The number of nitrogens with one attached hydrogen (secondary N) is 2. The van der Waals surface area contributed by atoms with Gasteiger partial charge in [-0.3, -0.25) is 14.9 Å². The van der Waals surface area contributed by atoms with Crippen LogP contribution in [-0.2, 0) is 4.79 Å². The second-order valence-electron chi connectivity index (χ2n) is 6.04. The average Bonchev–Trinajstić information content (AvgIpc) is 3.28. The Balaban J connectivity index is 1.57. The summed E-state index contributed by atoms with van der Waals surface area (Å²) < 4.78 is 6.86. The molecule has 29 heavy (non-hydrogen) atoms. The molecular formula is C19H16N6O3S. The molecule has 0 fully saturated rings. The summed E-state index contributed by atoms with van der Waals surface area (Å²) in [5, 5.41) is 11.6. The van der Waals surface area contributed by atoms with Crippen LogP contribution < -0.4 is 15.4 Å². The molecule has 0 unspecified atom stereocenters. The van der Waals surface area contributed by atoms with Gasteiger partial charge in [-0.15, -0.1) is 16.4 Å². The third-order valence-corrected chi connectivity index (χ3v) is 4.84. The fourth-order valence-corrected chi connectivity index (χ4v) is 3.52. The van der Waals surface area contributed by atoms with Gasteiger partial charge in [0.2, 0.25) is 10.9 Å². The number of carbonyl (C=O) groups excluding carboxylic acids is 2. The zero-order valence-corrected chi connectivity index (χ0v) is 16.4. The Kier molecular flexibility index (Phi) is 4.92. The Hall–Kier alpha value is -3.79. The monoisotopic (exact) mass is 408 g/mol. The number of carbonyl (C=O) groups is 2. The normalized spacial score (nSPS) is 10.7. The van der Waals surface area contributed by atoms with E-state index in [1.807, 2.05) is 29.6 Å². The van der Waals surface area contributed by atoms with Crippen molar-refractivity contribution in [2.24, 2.45) is 0 Å². The van der Waals surface area contributed by atoms with Crippen LogP contribution in [0.25, 0.3) is 16.2 Å². The van der Waals surface area contributed by atoms with E-state index in [-0.39, 0.29) is 11.9 Å². The van der Waals surface area contributed by atoms with Crippen molar-refractivity contribution in [2.45, 2.75) is 6.92 Å². The third-order valence-electron chi connectivity index (χ3n) is 4.02. The van der Waals surface area contributed by atoms with Gasteiger partial charge in [0.25, 0.3) is 11.9 Å². The second-order valence-corrected chi connectivity index (χ2v) is 6.88. The van der Waals surface area contributed by atoms with Crippen molar-refractivity contribution in [1.29, 1.82) is 0 Å². The number of fused-ring (bicyclic) bond motifs is 1. The topological polar surface area (TPSA) is 111 Å². The quantitative estimate of drug-likeness (QED) is 0.525. The zero-order valence-electron chi connectivity index (χ0n) is 15.5. The van der Waals surface area contributed by atoms with Crippen LogP contribution in [0.1, 0.15) is 17.3 Å². The van der Waals surface area contributed by atoms with Crippen molar-refractivity contribution in [1.82, 2.24) is 19.6 Å². The van der Waals surface area contributed by atoms with Crippen molar-refractivity contribution < 1.29 is 14.3 Å². The van der Waals surface area contributed by atoms with Crippen LogP contribution >= 0.6 is 11.3 Å². The molecule has 0 saturated carbocycles. The van der Waals surface area contributed by atoms with E-state index >= 15 is 0 Å². The van der Waals surface area contributed by atoms with E-state index in [1.54, 1.807) is 17.7 Å². The Morgan fingerprint density at radius 3 is 2.66 bits per heavy atom. The number of ether oxygens (including phenoxy) is 1. The van der Waals surface area contributed by atoms with Gasteiger partial charge in [0.05, 0.1) is 12.8 Å². The molecule has 0 spiro atoms. The Bertz CT molecular complexity index is 1200. The van der Waals surface area contributed by atoms with Gasteiger partial charge in [-0.25, -0.2) is 9.50 Å². The van der Waals surface area contributed by atoms with Gasteiger partial charge in [0.15, 0.2) is 0 Å². The fraction of sp³-hybridized carbons (Fsp3) is 0.105. The zero-order chi connectivity index (χ0) is 20.4. The maximum Gasteiger partial charge on any atom is 0.258 e. The predicted octanol–water partition coefficient (Wildman–Crippen LogP) is 3.07. The SMILES string of the molecule is COc1ccc(-c2csc3nc(NC(=O)c4ccnc(NC(C)=O)c4)nn23)cc1. The number of hydrogen-bond donors (Lipinski definition) is 2. The second kappa shape index (κ2) is 7.68. The van der Waals surface area contributed by atoms with E-state index in [9.17, 15) is 9.59 Å². The number of thiazole rings is 1. The van der Waals surface area contributed by atoms with Crippen molar-refractivity contribution in [3.05, 3.63) is 53.5 Å². The number of aromatic nitrogens is 4. The van der Waals surface area contributed by atoms with Gasteiger partial charge in [-0.05, 0) is 36.4 Å². The standard InChI is InChI=1S/C19H16N6O3S/c1-11(26)21-16-9-13(7-8-20-16)17(27)22-18-23-19-25(24-18)15(10-29-19)12-3-5-14(28-2)6-4-12/h3-10H,1-2H3,(H,20,21,26)(H,22,24,27). The van der Waals surface area contributed by atoms with E-state index in [4.69, 9.17) is 4.74 Å². The smallest absolute Gasteiger partial charge is 0.258 e. The lowest BCUT2D eigenvalue weighted by molar-refractivity contribution is -0.114. The van der Waals surface area contributed by atoms with Gasteiger partial charge in [0, 0.05) is 29.6 Å². The summed E-state index contributed by atoms with van der Waals surface area (Å²) in [5.41, 5.74) is 2.14. The van der Waals surface area contributed by atoms with E-state index in [0.717, 1.165) is 17.0 Å². The molecule has 146 valence electrons. The van der Waals surface area contributed by atoms with Crippen LogP contribution in [0.4, 0.5) is 11.8 Å². The number of anilines is 2. The fourth-order valence-electron chi connectivity index (χ4n) is 2.69. The maximum absolute atomic E-state index is 12.5. The minimum absolute atomic E-state index is 0.189. The average molecular weight is 408 g/mol. The molecular weight excluding hydrogens is 392 g/mol. The molecule has 0 radical (unpaired) electrons. The summed E-state index contributed by atoms with van der Waals surface area (Å²) in [7, 11) is 1.62. The molecule has 9 nitrogen and oxygen atoms in total. The lowest BCUT2D eigenvalue weighted by Gasteiger charge is -2.04. The molecule has 3 aromatic heterocycles. The first-order valence-corrected chi connectivity index (χ1v) is 9.45. The number of methoxy groups -OCH3 is 1. The molecule has 2 amide bonds. The maximum atomic E-state index is 12.5. The number of nitrogens with zero attached hydrogens (tertiary/aromatic N) is 4. The van der Waals surface area contributed by atoms with E-state index < -0.39 is 5.91 Å². The minimum atomic E-state index is -0.400. The van der Waals surface area contributed by atoms with Gasteiger partial charge in [-0.2, -0.15) is 4.98 Å². The molecule has 0 atom stereocenters. The molecule has 1 aromatic carbocycles. The van der Waals surface area contributed by atoms with Crippen molar-refractivity contribution in [2.75, 3.05) is 17.7 Å². The molecule has 0 bridgehead atoms. The van der Waals surface area contributed by atoms with Gasteiger partial charge in [-0.1, -0.05) is 0 Å². The summed E-state index contributed by atoms with van der Waals surface area (Å²) >= 11 is 1.42. The third kappa shape index (κ3) is 3.92. The summed E-state index contributed by atoms with van der Waals surface area (Å²) in [6, 6.07) is 10.6. The highest BCUT2D eigenvalue weighted by molar-refractivity contribution is 7.15. The summed E-state index contributed by atoms with van der Waals surface area (Å²) in [6.45, 7) is 1.37. The van der Waals surface area contributed by atoms with Crippen LogP contribution in [0, 0.1) is 0 Å². The minimum Gasteiger partial charge on any atom is -0.497 e. The molecule has 4 aromatic rings. The van der Waals surface area contributed by atoms with Gasteiger partial charge < -0.3 is 10.1 Å². The van der Waals surface area contributed by atoms with Gasteiger partial charge >= 0.3 is 0 Å². The van der Waals surface area contributed by atoms with Crippen LogP contribution in [0.15, 0.2) is 48.0 Å². The highest BCUT2D eigenvalue weighted by atomic mass is 32.1. The van der Waals surface area contributed by atoms with E-state index in [0.29, 0.717) is 16.3 Å². The molecule has 10 heteroatoms. The van der Waals surface area contributed by atoms with Crippen LogP contribution in [-0.4, -0.2) is 38.5 Å². The first-order valence-electron chi connectivity index (χ1n) is 8.57. The van der Waals surface area contributed by atoms with Crippen molar-refractivity contribution in [3.63, 3.8) is 0 Å². The Labute approximate surface area is 169 Å². The molecule has 4 rings (SSSR count). The first kappa shape index (κ1) is 18.6. The first-order chi connectivity index (χ1) is 14.0. The largest absolute Gasteiger partial charge is 0.497 e. The van der Waals surface area contributed by atoms with Crippen LogP contribution in [0.5, 0.6) is 5.75 Å². The lowest BCUT2D eigenvalue weighted by atomic mass is 10.2.